The number of carbonyl (C=O) groups is 1. The monoisotopic (exact) mass is 358 g/mol. The molecule has 4 heteroatoms. The predicted molar refractivity (Wildman–Crippen MR) is 102 cm³/mol. The van der Waals surface area contributed by atoms with E-state index in [1.54, 1.807) is 30.3 Å². The highest BCUT2D eigenvalue weighted by Crippen LogP contribution is 2.32. The van der Waals surface area contributed by atoms with E-state index in [-0.39, 0.29) is 17.3 Å². The first kappa shape index (κ1) is 18.9. The van der Waals surface area contributed by atoms with Crippen molar-refractivity contribution in [1.82, 2.24) is 0 Å². The van der Waals surface area contributed by atoms with Crippen molar-refractivity contribution in [3.63, 3.8) is 0 Å². The van der Waals surface area contributed by atoms with Crippen molar-refractivity contribution in [3.05, 3.63) is 82.4 Å². The summed E-state index contributed by atoms with van der Waals surface area (Å²) in [5.74, 6) is -1.37. The summed E-state index contributed by atoms with van der Waals surface area (Å²) in [4.78, 5) is 11.3. The average molecular weight is 359 g/mol. The maximum atomic E-state index is 14.8. The van der Waals surface area contributed by atoms with Gasteiger partial charge in [0.15, 0.2) is 0 Å². The van der Waals surface area contributed by atoms with Crippen LogP contribution in [0.1, 0.15) is 47.3 Å². The largest absolute Gasteiger partial charge is 0.478 e. The van der Waals surface area contributed by atoms with Crippen LogP contribution in [-0.2, 0) is 0 Å². The fraction of sp³-hybridized carbons (Fsp3) is 0.190. The molecule has 0 heterocycles. The van der Waals surface area contributed by atoms with Crippen LogP contribution in [0.4, 0.5) is 4.39 Å². The molecule has 0 aliphatic rings. The van der Waals surface area contributed by atoms with Crippen LogP contribution in [0.25, 0.3) is 11.4 Å². The summed E-state index contributed by atoms with van der Waals surface area (Å²) >= 11 is 5.91. The highest BCUT2D eigenvalue weighted by atomic mass is 35.5. The quantitative estimate of drug-likeness (QED) is 0.643. The second-order valence-corrected chi connectivity index (χ2v) is 6.39. The van der Waals surface area contributed by atoms with Gasteiger partial charge in [0.05, 0.1) is 5.56 Å². The minimum Gasteiger partial charge on any atom is -0.478 e. The minimum absolute atomic E-state index is 0.0794. The number of hydrogen-bond acceptors (Lipinski definition) is 1. The number of benzene rings is 2. The highest BCUT2D eigenvalue weighted by Gasteiger charge is 2.16. The lowest BCUT2D eigenvalue weighted by molar-refractivity contribution is 0.0697. The molecule has 0 unspecified atom stereocenters. The summed E-state index contributed by atoms with van der Waals surface area (Å²) in [6.45, 7) is 7.95. The van der Waals surface area contributed by atoms with Gasteiger partial charge in [0.2, 0.25) is 0 Å². The fourth-order valence-electron chi connectivity index (χ4n) is 2.40. The molecule has 0 saturated carbocycles. The van der Waals surface area contributed by atoms with Crippen molar-refractivity contribution in [2.45, 2.75) is 20.3 Å². The molecule has 0 aliphatic carbocycles. The summed E-state index contributed by atoms with van der Waals surface area (Å²) < 4.78 is 14.8. The lowest BCUT2D eigenvalue weighted by Crippen LogP contribution is -2.01. The van der Waals surface area contributed by atoms with Crippen LogP contribution in [0, 0.1) is 5.92 Å². The predicted octanol–water partition coefficient (Wildman–Crippen LogP) is 6.46. The zero-order valence-corrected chi connectivity index (χ0v) is 15.0. The van der Waals surface area contributed by atoms with E-state index in [9.17, 15) is 14.3 Å². The van der Waals surface area contributed by atoms with Gasteiger partial charge in [-0.2, -0.15) is 0 Å². The topological polar surface area (TPSA) is 37.3 Å². The van der Waals surface area contributed by atoms with Crippen LogP contribution in [0.15, 0.2) is 55.1 Å². The average Bonchev–Trinajstić information content (AvgIpc) is 2.60. The van der Waals surface area contributed by atoms with Gasteiger partial charge in [0.1, 0.15) is 5.83 Å². The normalized spacial score (nSPS) is 12.7. The van der Waals surface area contributed by atoms with Crippen molar-refractivity contribution in [2.75, 3.05) is 0 Å². The number of halogens is 2. The van der Waals surface area contributed by atoms with E-state index in [0.29, 0.717) is 21.7 Å². The third-order valence-electron chi connectivity index (χ3n) is 4.12. The molecule has 2 nitrogen and oxygen atoms in total. The van der Waals surface area contributed by atoms with Crippen LogP contribution in [0.3, 0.4) is 0 Å². The molecule has 1 atom stereocenters. The molecule has 0 radical (unpaired) electrons. The van der Waals surface area contributed by atoms with Crippen molar-refractivity contribution in [2.24, 2.45) is 5.92 Å². The van der Waals surface area contributed by atoms with Gasteiger partial charge in [0, 0.05) is 10.6 Å². The van der Waals surface area contributed by atoms with Crippen LogP contribution in [0.5, 0.6) is 0 Å². The van der Waals surface area contributed by atoms with E-state index >= 15 is 0 Å². The Morgan fingerprint density at radius 2 is 1.80 bits per heavy atom. The van der Waals surface area contributed by atoms with Crippen LogP contribution < -0.4 is 0 Å². The summed E-state index contributed by atoms with van der Waals surface area (Å²) in [6.07, 6.45) is 2.36. The molecule has 2 aromatic rings. The second kappa shape index (κ2) is 8.13. The number of rotatable bonds is 6. The molecule has 2 rings (SSSR count). The van der Waals surface area contributed by atoms with Crippen LogP contribution >= 0.6 is 11.6 Å². The second-order valence-electron chi connectivity index (χ2n) is 5.95. The van der Waals surface area contributed by atoms with Gasteiger partial charge in [0.25, 0.3) is 0 Å². The standard InChI is InChI=1S/C21H20ClFO2/c1-4-13(2)11-20(23)18-10-7-16(21(24)25)12-19(18)14(3)15-5-8-17(22)9-6-15/h5-13H,3-4H2,1-2H3,(H,24,25)/b20-11+/t13-/m1/s1. The molecule has 0 saturated heterocycles. The van der Waals surface area contributed by atoms with Crippen LogP contribution in [-0.4, -0.2) is 11.1 Å². The van der Waals surface area contributed by atoms with Gasteiger partial charge in [-0.15, -0.1) is 0 Å². The van der Waals surface area contributed by atoms with Crippen molar-refractivity contribution < 1.29 is 14.3 Å². The summed E-state index contributed by atoms with van der Waals surface area (Å²) in [7, 11) is 0. The molecular weight excluding hydrogens is 339 g/mol. The van der Waals surface area contributed by atoms with Crippen molar-refractivity contribution in [3.8, 4) is 0 Å². The van der Waals surface area contributed by atoms with Gasteiger partial charge in [-0.1, -0.05) is 50.2 Å². The Morgan fingerprint density at radius 1 is 1.20 bits per heavy atom. The highest BCUT2D eigenvalue weighted by molar-refractivity contribution is 6.30. The molecule has 0 aliphatic heterocycles. The third-order valence-corrected chi connectivity index (χ3v) is 4.37. The van der Waals surface area contributed by atoms with Gasteiger partial charge in [-0.05, 0) is 59.4 Å². The van der Waals surface area contributed by atoms with Crippen molar-refractivity contribution in [1.29, 1.82) is 0 Å². The molecule has 130 valence electrons. The third kappa shape index (κ3) is 4.58. The van der Waals surface area contributed by atoms with Gasteiger partial charge < -0.3 is 5.11 Å². The van der Waals surface area contributed by atoms with E-state index in [1.165, 1.54) is 18.2 Å². The van der Waals surface area contributed by atoms with Gasteiger partial charge in [-0.3, -0.25) is 0 Å². The summed E-state index contributed by atoms with van der Waals surface area (Å²) in [5.41, 5.74) is 2.18. The molecule has 0 bridgehead atoms. The molecule has 0 amide bonds. The Kier molecular flexibility index (Phi) is 6.16. The van der Waals surface area contributed by atoms with E-state index in [2.05, 4.69) is 6.58 Å². The SMILES string of the molecule is C=C(c1ccc(Cl)cc1)c1cc(C(=O)O)ccc1/C(F)=C\[C@H](C)CC. The molecule has 25 heavy (non-hydrogen) atoms. The van der Waals surface area contributed by atoms with Crippen molar-refractivity contribution >= 4 is 29.0 Å². The smallest absolute Gasteiger partial charge is 0.335 e. The Balaban J connectivity index is 2.57. The maximum absolute atomic E-state index is 14.8. The molecule has 0 spiro atoms. The lowest BCUT2D eigenvalue weighted by Gasteiger charge is -2.13. The fourth-order valence-corrected chi connectivity index (χ4v) is 2.53. The number of carboxylic acids is 1. The van der Waals surface area contributed by atoms with E-state index < -0.39 is 5.97 Å². The molecule has 2 aromatic carbocycles. The Labute approximate surface area is 152 Å². The number of aromatic carboxylic acids is 1. The number of allylic oxidation sites excluding steroid dienone is 1. The molecular formula is C21H20ClFO2. The minimum atomic E-state index is -1.07. The Bertz CT molecular complexity index is 822. The number of carboxylic acid groups (broad SMARTS) is 1. The summed E-state index contributed by atoms with van der Waals surface area (Å²) in [6, 6.07) is 11.3. The maximum Gasteiger partial charge on any atom is 0.335 e. The van der Waals surface area contributed by atoms with E-state index in [4.69, 9.17) is 11.6 Å². The first-order valence-electron chi connectivity index (χ1n) is 8.03. The first-order valence-corrected chi connectivity index (χ1v) is 8.41. The number of hydrogen-bond donors (Lipinski definition) is 1. The Hall–Kier alpha value is -2.39. The first-order chi connectivity index (χ1) is 11.8. The zero-order valence-electron chi connectivity index (χ0n) is 14.2. The lowest BCUT2D eigenvalue weighted by atomic mass is 9.92. The zero-order chi connectivity index (χ0) is 18.6. The Morgan fingerprint density at radius 3 is 2.36 bits per heavy atom. The van der Waals surface area contributed by atoms with Gasteiger partial charge >= 0.3 is 5.97 Å². The van der Waals surface area contributed by atoms with Crippen LogP contribution in [0.2, 0.25) is 5.02 Å². The molecule has 0 aromatic heterocycles. The van der Waals surface area contributed by atoms with Gasteiger partial charge in [-0.25, -0.2) is 9.18 Å². The van der Waals surface area contributed by atoms with E-state index in [1.807, 2.05) is 13.8 Å². The van der Waals surface area contributed by atoms with E-state index in [0.717, 1.165) is 12.0 Å². The summed E-state index contributed by atoms with van der Waals surface area (Å²) in [5, 5.41) is 9.84. The molecule has 0 fully saturated rings. The molecule has 1 N–H and O–H groups in total.